The van der Waals surface area contributed by atoms with Crippen LogP contribution in [0, 0.1) is 0 Å². The molecule has 4 rings (SSSR count). The van der Waals surface area contributed by atoms with Crippen LogP contribution in [0.4, 0.5) is 22.1 Å². The minimum atomic E-state index is -0.584. The number of hydroxylamine groups is 1. The van der Waals surface area contributed by atoms with Gasteiger partial charge in [0.05, 0.1) is 5.69 Å². The monoisotopic (exact) mass is 352 g/mol. The predicted molar refractivity (Wildman–Crippen MR) is 98.7 cm³/mol. The Hall–Kier alpha value is -3.06. The van der Waals surface area contributed by atoms with Crippen LogP contribution in [0.25, 0.3) is 10.8 Å². The molecule has 0 atom stereocenters. The van der Waals surface area contributed by atoms with Gasteiger partial charge in [-0.1, -0.05) is 62.3 Å². The summed E-state index contributed by atoms with van der Waals surface area (Å²) >= 11 is 0. The van der Waals surface area contributed by atoms with E-state index in [1.165, 1.54) is 5.01 Å². The SMILES string of the molecule is CN1C(=O)N(O)c2c(C(C)(C)C)noc2N1c1cccc2ccccc12. The fraction of sp³-hybridized carbons (Fsp3) is 0.263. The van der Waals surface area contributed by atoms with E-state index in [-0.39, 0.29) is 5.69 Å². The second-order valence-corrected chi connectivity index (χ2v) is 7.36. The van der Waals surface area contributed by atoms with Crippen LogP contribution in [0.15, 0.2) is 47.0 Å². The molecule has 0 fully saturated rings. The number of carbonyl (C=O) groups excluding carboxylic acids is 1. The van der Waals surface area contributed by atoms with Crippen molar-refractivity contribution in [2.24, 2.45) is 0 Å². The zero-order valence-corrected chi connectivity index (χ0v) is 15.1. The number of hydrazine groups is 1. The normalized spacial score (nSPS) is 15.0. The summed E-state index contributed by atoms with van der Waals surface area (Å²) in [6.45, 7) is 5.85. The molecule has 0 saturated carbocycles. The first-order valence-corrected chi connectivity index (χ1v) is 8.35. The molecule has 7 heteroatoms. The Bertz CT molecular complexity index is 1000. The van der Waals surface area contributed by atoms with Crippen LogP contribution in [0.1, 0.15) is 26.5 Å². The van der Waals surface area contributed by atoms with Crippen LogP contribution in [0.5, 0.6) is 0 Å². The third kappa shape index (κ3) is 2.24. The Labute approximate surface area is 150 Å². The summed E-state index contributed by atoms with van der Waals surface area (Å²) in [6.07, 6.45) is 0. The third-order valence-electron chi connectivity index (χ3n) is 4.52. The number of fused-ring (bicyclic) bond motifs is 2. The van der Waals surface area contributed by atoms with Gasteiger partial charge in [-0.3, -0.25) is 5.21 Å². The van der Waals surface area contributed by atoms with E-state index >= 15 is 0 Å². The highest BCUT2D eigenvalue weighted by Crippen LogP contribution is 2.46. The van der Waals surface area contributed by atoms with Crippen molar-refractivity contribution in [3.63, 3.8) is 0 Å². The first-order chi connectivity index (χ1) is 12.3. The molecular weight excluding hydrogens is 332 g/mol. The molecule has 26 heavy (non-hydrogen) atoms. The standard InChI is InChI=1S/C19H20N4O3/c1-19(2,3)16-15-17(26-20-16)22(21(4)18(24)23(15)25)14-11-7-9-12-8-5-6-10-13(12)14/h5-11,25H,1-4H3. The number of benzene rings is 2. The number of hydrogen-bond donors (Lipinski definition) is 1. The summed E-state index contributed by atoms with van der Waals surface area (Å²) in [5.74, 6) is 0.302. The molecule has 1 aliphatic rings. The van der Waals surface area contributed by atoms with E-state index in [2.05, 4.69) is 5.16 Å². The molecule has 1 aliphatic heterocycles. The molecule has 0 saturated heterocycles. The van der Waals surface area contributed by atoms with Gasteiger partial charge in [-0.2, -0.15) is 5.06 Å². The molecule has 0 unspecified atom stereocenters. The molecule has 0 aliphatic carbocycles. The molecule has 3 aromatic rings. The highest BCUT2D eigenvalue weighted by atomic mass is 16.5. The lowest BCUT2D eigenvalue weighted by molar-refractivity contribution is 0.167. The van der Waals surface area contributed by atoms with Crippen molar-refractivity contribution < 1.29 is 14.5 Å². The Morgan fingerprint density at radius 1 is 1.08 bits per heavy atom. The van der Waals surface area contributed by atoms with Crippen LogP contribution >= 0.6 is 0 Å². The van der Waals surface area contributed by atoms with Gasteiger partial charge in [0.15, 0.2) is 5.69 Å². The molecule has 0 radical (unpaired) electrons. The Morgan fingerprint density at radius 3 is 2.50 bits per heavy atom. The number of urea groups is 1. The lowest BCUT2D eigenvalue weighted by Gasteiger charge is -2.38. The molecule has 0 bridgehead atoms. The van der Waals surface area contributed by atoms with Crippen molar-refractivity contribution in [2.75, 3.05) is 17.1 Å². The van der Waals surface area contributed by atoms with Gasteiger partial charge >= 0.3 is 6.03 Å². The minimum Gasteiger partial charge on any atom is -0.334 e. The number of carbonyl (C=O) groups is 1. The lowest BCUT2D eigenvalue weighted by Crippen LogP contribution is -2.52. The summed E-state index contributed by atoms with van der Waals surface area (Å²) in [7, 11) is 1.58. The Kier molecular flexibility index (Phi) is 3.45. The minimum absolute atomic E-state index is 0.272. The summed E-state index contributed by atoms with van der Waals surface area (Å²) < 4.78 is 5.60. The number of rotatable bonds is 1. The smallest absolute Gasteiger partial charge is 0.334 e. The molecule has 2 aromatic carbocycles. The Morgan fingerprint density at radius 2 is 1.77 bits per heavy atom. The molecule has 1 N–H and O–H groups in total. The van der Waals surface area contributed by atoms with Gasteiger partial charge in [-0.15, -0.1) is 0 Å². The van der Waals surface area contributed by atoms with Gasteiger partial charge in [0, 0.05) is 17.8 Å². The van der Waals surface area contributed by atoms with Crippen LogP contribution in [-0.4, -0.2) is 28.5 Å². The molecule has 134 valence electrons. The maximum Gasteiger partial charge on any atom is 0.367 e. The van der Waals surface area contributed by atoms with Crippen molar-refractivity contribution >= 4 is 34.1 Å². The molecule has 2 heterocycles. The zero-order chi connectivity index (χ0) is 18.6. The van der Waals surface area contributed by atoms with E-state index in [4.69, 9.17) is 4.52 Å². The maximum absolute atomic E-state index is 12.7. The summed E-state index contributed by atoms with van der Waals surface area (Å²) in [5, 5.41) is 20.1. The van der Waals surface area contributed by atoms with Gasteiger partial charge in [0.1, 0.15) is 5.69 Å². The largest absolute Gasteiger partial charge is 0.367 e. The topological polar surface area (TPSA) is 73.0 Å². The van der Waals surface area contributed by atoms with Gasteiger partial charge < -0.3 is 4.52 Å². The van der Waals surface area contributed by atoms with E-state index in [0.29, 0.717) is 16.6 Å². The summed E-state index contributed by atoms with van der Waals surface area (Å²) in [6, 6.07) is 13.1. The number of aromatic nitrogens is 1. The van der Waals surface area contributed by atoms with Crippen LogP contribution < -0.4 is 10.1 Å². The van der Waals surface area contributed by atoms with Crippen molar-refractivity contribution in [3.8, 4) is 0 Å². The Balaban J connectivity index is 1.99. The van der Waals surface area contributed by atoms with Crippen LogP contribution in [0.2, 0.25) is 0 Å². The summed E-state index contributed by atoms with van der Waals surface area (Å²) in [4.78, 5) is 12.7. The fourth-order valence-corrected chi connectivity index (χ4v) is 3.22. The van der Waals surface area contributed by atoms with Gasteiger partial charge in [0.2, 0.25) is 0 Å². The van der Waals surface area contributed by atoms with E-state index in [1.54, 1.807) is 12.1 Å². The van der Waals surface area contributed by atoms with Crippen molar-refractivity contribution in [1.29, 1.82) is 0 Å². The second kappa shape index (κ2) is 5.47. The molecule has 1 aromatic heterocycles. The average molecular weight is 352 g/mol. The molecule has 0 spiro atoms. The fourth-order valence-electron chi connectivity index (χ4n) is 3.22. The van der Waals surface area contributed by atoms with Crippen molar-refractivity contribution in [1.82, 2.24) is 10.2 Å². The van der Waals surface area contributed by atoms with Gasteiger partial charge in [-0.05, 0) is 11.5 Å². The van der Waals surface area contributed by atoms with E-state index in [0.717, 1.165) is 16.5 Å². The quantitative estimate of drug-likeness (QED) is 0.656. The van der Waals surface area contributed by atoms with E-state index in [9.17, 15) is 10.0 Å². The van der Waals surface area contributed by atoms with Gasteiger partial charge in [-0.25, -0.2) is 14.8 Å². The molecule has 2 amide bonds. The van der Waals surface area contributed by atoms with Crippen LogP contribution in [0.3, 0.4) is 0 Å². The second-order valence-electron chi connectivity index (χ2n) is 7.36. The van der Waals surface area contributed by atoms with Crippen LogP contribution in [-0.2, 0) is 5.41 Å². The first-order valence-electron chi connectivity index (χ1n) is 8.35. The lowest BCUT2D eigenvalue weighted by atomic mass is 9.91. The molecular formula is C19H20N4O3. The van der Waals surface area contributed by atoms with Gasteiger partial charge in [0.25, 0.3) is 5.88 Å². The van der Waals surface area contributed by atoms with Crippen molar-refractivity contribution in [3.05, 3.63) is 48.2 Å². The molecule has 7 nitrogen and oxygen atoms in total. The average Bonchev–Trinajstić information content (AvgIpc) is 3.05. The highest BCUT2D eigenvalue weighted by Gasteiger charge is 2.43. The number of hydrogen-bond acceptors (Lipinski definition) is 5. The number of nitrogens with zero attached hydrogens (tertiary/aromatic N) is 4. The number of amides is 2. The zero-order valence-electron chi connectivity index (χ0n) is 15.1. The maximum atomic E-state index is 12.7. The van der Waals surface area contributed by atoms with E-state index < -0.39 is 11.4 Å². The third-order valence-corrected chi connectivity index (χ3v) is 4.52. The highest BCUT2D eigenvalue weighted by molar-refractivity contribution is 6.03. The predicted octanol–water partition coefficient (Wildman–Crippen LogP) is 4.44. The first kappa shape index (κ1) is 16.4. The van der Waals surface area contributed by atoms with Crippen molar-refractivity contribution in [2.45, 2.75) is 26.2 Å². The summed E-state index contributed by atoms with van der Waals surface area (Å²) in [5.41, 5.74) is 1.15. The number of anilines is 3. The van der Waals surface area contributed by atoms with E-state index in [1.807, 2.05) is 63.2 Å².